The molecule has 0 aromatic rings. The molecule has 5 heteroatoms. The first-order valence-electron chi connectivity index (χ1n) is 6.34. The number of carbonyl (C=O) groups excluding carboxylic acids is 1. The van der Waals surface area contributed by atoms with E-state index < -0.39 is 12.1 Å². The van der Waals surface area contributed by atoms with Crippen LogP contribution in [-0.4, -0.2) is 66.2 Å². The second-order valence-electron chi connectivity index (χ2n) is 5.19. The predicted octanol–water partition coefficient (Wildman–Crippen LogP) is -0.363. The molecule has 3 N–H and O–H groups in total. The minimum atomic E-state index is -0.421. The molecule has 0 bridgehead atoms. The van der Waals surface area contributed by atoms with Crippen LogP contribution in [0.15, 0.2) is 0 Å². The Balaban J connectivity index is 2.62. The van der Waals surface area contributed by atoms with Gasteiger partial charge in [0, 0.05) is 19.1 Å². The quantitative estimate of drug-likeness (QED) is 0.692. The van der Waals surface area contributed by atoms with E-state index in [1.54, 1.807) is 4.90 Å². The van der Waals surface area contributed by atoms with Gasteiger partial charge in [0.25, 0.3) is 0 Å². The number of rotatable bonds is 5. The molecule has 17 heavy (non-hydrogen) atoms. The number of amides is 1. The van der Waals surface area contributed by atoms with E-state index in [1.807, 2.05) is 25.9 Å². The van der Waals surface area contributed by atoms with Crippen molar-refractivity contribution < 1.29 is 9.90 Å². The number of β-amino-alcohol motifs (C(OH)–C–C–N with tert-alkyl or cyclic N) is 1. The van der Waals surface area contributed by atoms with Crippen LogP contribution >= 0.6 is 0 Å². The molecule has 0 saturated carbocycles. The largest absolute Gasteiger partial charge is 0.391 e. The van der Waals surface area contributed by atoms with Crippen molar-refractivity contribution in [2.75, 3.05) is 27.2 Å². The van der Waals surface area contributed by atoms with Crippen molar-refractivity contribution in [2.45, 2.75) is 44.4 Å². The van der Waals surface area contributed by atoms with Crippen molar-refractivity contribution in [3.8, 4) is 0 Å². The number of aliphatic hydroxyl groups is 1. The Morgan fingerprint density at radius 1 is 1.59 bits per heavy atom. The molecule has 0 aliphatic carbocycles. The highest BCUT2D eigenvalue weighted by atomic mass is 16.3. The van der Waals surface area contributed by atoms with Gasteiger partial charge in [-0.1, -0.05) is 13.3 Å². The lowest BCUT2D eigenvalue weighted by molar-refractivity contribution is -0.134. The molecule has 1 rings (SSSR count). The molecule has 1 saturated heterocycles. The van der Waals surface area contributed by atoms with E-state index in [4.69, 9.17) is 5.73 Å². The highest BCUT2D eigenvalue weighted by molar-refractivity contribution is 5.82. The zero-order valence-electron chi connectivity index (χ0n) is 11.1. The second-order valence-corrected chi connectivity index (χ2v) is 5.19. The molecule has 2 unspecified atom stereocenters. The fourth-order valence-electron chi connectivity index (χ4n) is 2.40. The predicted molar refractivity (Wildman–Crippen MR) is 67.6 cm³/mol. The summed E-state index contributed by atoms with van der Waals surface area (Å²) < 4.78 is 0. The van der Waals surface area contributed by atoms with E-state index >= 15 is 0 Å². The van der Waals surface area contributed by atoms with Crippen LogP contribution in [0, 0.1) is 0 Å². The summed E-state index contributed by atoms with van der Waals surface area (Å²) in [5, 5.41) is 9.69. The van der Waals surface area contributed by atoms with Crippen LogP contribution in [0.1, 0.15) is 26.2 Å². The van der Waals surface area contributed by atoms with E-state index in [-0.39, 0.29) is 11.9 Å². The van der Waals surface area contributed by atoms with E-state index in [0.717, 1.165) is 13.0 Å². The number of nitrogens with zero attached hydrogens (tertiary/aromatic N) is 2. The third kappa shape index (κ3) is 3.94. The summed E-state index contributed by atoms with van der Waals surface area (Å²) in [6.07, 6.45) is 1.86. The number of hydrogen-bond acceptors (Lipinski definition) is 4. The fraction of sp³-hybridized carbons (Fsp3) is 0.917. The number of likely N-dealkylation sites (N-methyl/N-ethyl adjacent to an activating group) is 1. The van der Waals surface area contributed by atoms with Crippen molar-refractivity contribution in [1.82, 2.24) is 9.80 Å². The lowest BCUT2D eigenvalue weighted by Gasteiger charge is -2.29. The fourth-order valence-corrected chi connectivity index (χ4v) is 2.40. The van der Waals surface area contributed by atoms with E-state index in [0.29, 0.717) is 19.4 Å². The number of likely N-dealkylation sites (tertiary alicyclic amines) is 1. The van der Waals surface area contributed by atoms with Gasteiger partial charge < -0.3 is 20.6 Å². The summed E-state index contributed by atoms with van der Waals surface area (Å²) in [4.78, 5) is 15.9. The van der Waals surface area contributed by atoms with Crippen LogP contribution in [-0.2, 0) is 4.79 Å². The number of nitrogens with two attached hydrogens (primary N) is 1. The first-order chi connectivity index (χ1) is 7.95. The molecular formula is C12H25N3O2. The van der Waals surface area contributed by atoms with Crippen molar-refractivity contribution in [1.29, 1.82) is 0 Å². The van der Waals surface area contributed by atoms with Gasteiger partial charge in [-0.05, 0) is 26.9 Å². The van der Waals surface area contributed by atoms with Crippen LogP contribution in [0.2, 0.25) is 0 Å². The van der Waals surface area contributed by atoms with Gasteiger partial charge >= 0.3 is 0 Å². The third-order valence-corrected chi connectivity index (χ3v) is 3.17. The van der Waals surface area contributed by atoms with Crippen LogP contribution in [0.25, 0.3) is 0 Å². The van der Waals surface area contributed by atoms with Gasteiger partial charge in [-0.15, -0.1) is 0 Å². The minimum absolute atomic E-state index is 0.0183. The maximum Gasteiger partial charge on any atom is 0.239 e. The zero-order valence-corrected chi connectivity index (χ0v) is 11.1. The molecule has 1 aliphatic rings. The van der Waals surface area contributed by atoms with E-state index in [1.165, 1.54) is 0 Å². The van der Waals surface area contributed by atoms with Crippen molar-refractivity contribution in [2.24, 2.45) is 5.73 Å². The van der Waals surface area contributed by atoms with Gasteiger partial charge in [0.1, 0.15) is 0 Å². The molecule has 0 spiro atoms. The summed E-state index contributed by atoms with van der Waals surface area (Å²) in [6, 6.07) is -0.328. The normalized spacial score (nSPS) is 26.6. The monoisotopic (exact) mass is 243 g/mol. The summed E-state index contributed by atoms with van der Waals surface area (Å²) in [5.41, 5.74) is 5.86. The van der Waals surface area contributed by atoms with Crippen molar-refractivity contribution >= 4 is 5.91 Å². The van der Waals surface area contributed by atoms with Gasteiger partial charge in [-0.3, -0.25) is 4.79 Å². The Labute approximate surface area is 104 Å². The lowest BCUT2D eigenvalue weighted by Crippen LogP contribution is -2.48. The minimum Gasteiger partial charge on any atom is -0.391 e. The SMILES string of the molecule is CCC[C@@H](N)C(=O)N1CC(O)CC1CN(C)C. The van der Waals surface area contributed by atoms with Crippen LogP contribution in [0.4, 0.5) is 0 Å². The zero-order chi connectivity index (χ0) is 13.0. The third-order valence-electron chi connectivity index (χ3n) is 3.17. The summed E-state index contributed by atoms with van der Waals surface area (Å²) in [6.45, 7) is 3.22. The molecule has 1 amide bonds. The second kappa shape index (κ2) is 6.33. The molecule has 0 aromatic heterocycles. The highest BCUT2D eigenvalue weighted by Crippen LogP contribution is 2.19. The maximum absolute atomic E-state index is 12.1. The number of carbonyl (C=O) groups is 1. The van der Waals surface area contributed by atoms with Crippen molar-refractivity contribution in [3.63, 3.8) is 0 Å². The average molecular weight is 243 g/mol. The first kappa shape index (κ1) is 14.4. The van der Waals surface area contributed by atoms with Crippen LogP contribution < -0.4 is 5.73 Å². The van der Waals surface area contributed by atoms with Crippen molar-refractivity contribution in [3.05, 3.63) is 0 Å². The summed E-state index contributed by atoms with van der Waals surface area (Å²) in [7, 11) is 3.94. The van der Waals surface area contributed by atoms with E-state index in [2.05, 4.69) is 0 Å². The first-order valence-corrected chi connectivity index (χ1v) is 6.34. The molecule has 0 aromatic carbocycles. The summed E-state index contributed by atoms with van der Waals surface area (Å²) >= 11 is 0. The number of aliphatic hydroxyl groups excluding tert-OH is 1. The summed E-state index contributed by atoms with van der Waals surface area (Å²) in [5.74, 6) is -0.0183. The standard InChI is InChI=1S/C12H25N3O2/c1-4-5-11(13)12(17)15-8-10(16)6-9(15)7-14(2)3/h9-11,16H,4-8,13H2,1-3H3/t9?,10?,11-/m1/s1. The van der Waals surface area contributed by atoms with Gasteiger partial charge in [0.05, 0.1) is 12.1 Å². The Kier molecular flexibility index (Phi) is 5.36. The lowest BCUT2D eigenvalue weighted by atomic mass is 10.1. The molecule has 100 valence electrons. The van der Waals surface area contributed by atoms with Gasteiger partial charge in [-0.2, -0.15) is 0 Å². The molecule has 5 nitrogen and oxygen atoms in total. The highest BCUT2D eigenvalue weighted by Gasteiger charge is 2.36. The molecule has 1 aliphatic heterocycles. The van der Waals surface area contributed by atoms with Gasteiger partial charge in [0.2, 0.25) is 5.91 Å². The Bertz CT molecular complexity index is 258. The molecular weight excluding hydrogens is 218 g/mol. The number of hydrogen-bond donors (Lipinski definition) is 2. The molecule has 1 fully saturated rings. The topological polar surface area (TPSA) is 69.8 Å². The molecule has 1 heterocycles. The van der Waals surface area contributed by atoms with Gasteiger partial charge in [0.15, 0.2) is 0 Å². The van der Waals surface area contributed by atoms with Crippen LogP contribution in [0.5, 0.6) is 0 Å². The Morgan fingerprint density at radius 3 is 2.76 bits per heavy atom. The maximum atomic E-state index is 12.1. The molecule has 3 atom stereocenters. The smallest absolute Gasteiger partial charge is 0.239 e. The van der Waals surface area contributed by atoms with Gasteiger partial charge in [-0.25, -0.2) is 0 Å². The van der Waals surface area contributed by atoms with Crippen LogP contribution in [0.3, 0.4) is 0 Å². The Morgan fingerprint density at radius 2 is 2.24 bits per heavy atom. The Hall–Kier alpha value is -0.650. The average Bonchev–Trinajstić information content (AvgIpc) is 2.57. The van der Waals surface area contributed by atoms with E-state index in [9.17, 15) is 9.90 Å². The molecule has 0 radical (unpaired) electrons.